The SMILES string of the molecule is CCC(C)CC(C)NCc1ccc([N+](=O)[O-])cc1Cl. The lowest BCUT2D eigenvalue weighted by atomic mass is 10.0. The molecule has 2 atom stereocenters. The first kappa shape index (κ1) is 15.9. The molecule has 1 aromatic carbocycles. The Kier molecular flexibility index (Phi) is 6.25. The van der Waals surface area contributed by atoms with Gasteiger partial charge in [0.05, 0.1) is 9.95 Å². The second-order valence-corrected chi connectivity index (χ2v) is 5.47. The molecule has 0 fully saturated rings. The molecule has 106 valence electrons. The first-order valence-electron chi connectivity index (χ1n) is 6.60. The number of hydrogen-bond donors (Lipinski definition) is 1. The summed E-state index contributed by atoms with van der Waals surface area (Å²) in [6.45, 7) is 7.20. The van der Waals surface area contributed by atoms with Gasteiger partial charge in [-0.05, 0) is 30.9 Å². The Hall–Kier alpha value is -1.13. The molecule has 0 aromatic heterocycles. The van der Waals surface area contributed by atoms with Crippen LogP contribution in [0.25, 0.3) is 0 Å². The van der Waals surface area contributed by atoms with Gasteiger partial charge in [-0.3, -0.25) is 10.1 Å². The summed E-state index contributed by atoms with van der Waals surface area (Å²) in [4.78, 5) is 10.2. The summed E-state index contributed by atoms with van der Waals surface area (Å²) in [5.74, 6) is 0.690. The van der Waals surface area contributed by atoms with Crippen LogP contribution >= 0.6 is 11.6 Å². The molecule has 0 heterocycles. The maximum absolute atomic E-state index is 10.6. The monoisotopic (exact) mass is 284 g/mol. The van der Waals surface area contributed by atoms with Gasteiger partial charge in [-0.15, -0.1) is 0 Å². The van der Waals surface area contributed by atoms with Crippen molar-refractivity contribution in [1.29, 1.82) is 0 Å². The van der Waals surface area contributed by atoms with Gasteiger partial charge >= 0.3 is 0 Å². The van der Waals surface area contributed by atoms with Crippen molar-refractivity contribution >= 4 is 17.3 Å². The van der Waals surface area contributed by atoms with Crippen LogP contribution in [0.3, 0.4) is 0 Å². The Morgan fingerprint density at radius 1 is 1.42 bits per heavy atom. The van der Waals surface area contributed by atoms with Crippen LogP contribution in [0.5, 0.6) is 0 Å². The van der Waals surface area contributed by atoms with Gasteiger partial charge in [0.2, 0.25) is 0 Å². The maximum Gasteiger partial charge on any atom is 0.270 e. The lowest BCUT2D eigenvalue weighted by molar-refractivity contribution is -0.384. The van der Waals surface area contributed by atoms with E-state index in [2.05, 4.69) is 26.1 Å². The van der Waals surface area contributed by atoms with E-state index >= 15 is 0 Å². The molecule has 1 aromatic rings. The highest BCUT2D eigenvalue weighted by atomic mass is 35.5. The number of nitrogens with zero attached hydrogens (tertiary/aromatic N) is 1. The van der Waals surface area contributed by atoms with Gasteiger partial charge in [-0.25, -0.2) is 0 Å². The molecule has 0 spiro atoms. The minimum Gasteiger partial charge on any atom is -0.310 e. The first-order valence-corrected chi connectivity index (χ1v) is 6.98. The maximum atomic E-state index is 10.6. The molecule has 0 amide bonds. The van der Waals surface area contributed by atoms with E-state index in [1.807, 2.05) is 0 Å². The summed E-state index contributed by atoms with van der Waals surface area (Å²) in [7, 11) is 0. The van der Waals surface area contributed by atoms with E-state index in [-0.39, 0.29) is 5.69 Å². The van der Waals surface area contributed by atoms with Crippen molar-refractivity contribution in [3.8, 4) is 0 Å². The summed E-state index contributed by atoms with van der Waals surface area (Å²) >= 11 is 6.05. The van der Waals surface area contributed by atoms with Gasteiger partial charge in [0.1, 0.15) is 0 Å². The van der Waals surface area contributed by atoms with Crippen LogP contribution in [0.4, 0.5) is 5.69 Å². The Morgan fingerprint density at radius 2 is 2.11 bits per heavy atom. The van der Waals surface area contributed by atoms with Crippen LogP contribution in [0.15, 0.2) is 18.2 Å². The molecule has 4 nitrogen and oxygen atoms in total. The van der Waals surface area contributed by atoms with Gasteiger partial charge < -0.3 is 5.32 Å². The summed E-state index contributed by atoms with van der Waals surface area (Å²) in [5, 5.41) is 14.5. The predicted molar refractivity (Wildman–Crippen MR) is 78.5 cm³/mol. The van der Waals surface area contributed by atoms with E-state index in [0.29, 0.717) is 23.5 Å². The Balaban J connectivity index is 2.56. The Bertz CT molecular complexity index is 437. The molecule has 0 radical (unpaired) electrons. The van der Waals surface area contributed by atoms with E-state index in [1.165, 1.54) is 18.6 Å². The third kappa shape index (κ3) is 5.17. The number of nitrogens with one attached hydrogen (secondary N) is 1. The molecule has 0 aliphatic rings. The van der Waals surface area contributed by atoms with Crippen molar-refractivity contribution in [3.05, 3.63) is 38.9 Å². The third-order valence-corrected chi connectivity index (χ3v) is 3.69. The zero-order valence-corrected chi connectivity index (χ0v) is 12.4. The van der Waals surface area contributed by atoms with Gasteiger partial charge in [0.15, 0.2) is 0 Å². The number of hydrogen-bond acceptors (Lipinski definition) is 3. The van der Waals surface area contributed by atoms with Crippen molar-refractivity contribution < 1.29 is 4.92 Å². The third-order valence-electron chi connectivity index (χ3n) is 3.34. The van der Waals surface area contributed by atoms with E-state index in [1.54, 1.807) is 6.07 Å². The molecule has 0 saturated carbocycles. The fourth-order valence-corrected chi connectivity index (χ4v) is 2.17. The zero-order valence-electron chi connectivity index (χ0n) is 11.6. The van der Waals surface area contributed by atoms with Gasteiger partial charge in [0.25, 0.3) is 5.69 Å². The summed E-state index contributed by atoms with van der Waals surface area (Å²) in [6.07, 6.45) is 2.28. The highest BCUT2D eigenvalue weighted by Gasteiger charge is 2.11. The molecule has 0 saturated heterocycles. The van der Waals surface area contributed by atoms with Crippen molar-refractivity contribution in [2.24, 2.45) is 5.92 Å². The van der Waals surface area contributed by atoms with Crippen LogP contribution in [-0.4, -0.2) is 11.0 Å². The van der Waals surface area contributed by atoms with Crippen LogP contribution in [-0.2, 0) is 6.54 Å². The lowest BCUT2D eigenvalue weighted by Gasteiger charge is -2.17. The van der Waals surface area contributed by atoms with E-state index in [0.717, 1.165) is 12.0 Å². The predicted octanol–water partition coefficient (Wildman–Crippen LogP) is 4.16. The average Bonchev–Trinajstić information content (AvgIpc) is 2.36. The van der Waals surface area contributed by atoms with E-state index < -0.39 is 4.92 Å². The largest absolute Gasteiger partial charge is 0.310 e. The molecule has 0 bridgehead atoms. The van der Waals surface area contributed by atoms with Crippen molar-refractivity contribution in [2.75, 3.05) is 0 Å². The summed E-state index contributed by atoms with van der Waals surface area (Å²) in [5.41, 5.74) is 0.921. The molecule has 0 aliphatic carbocycles. The smallest absolute Gasteiger partial charge is 0.270 e. The number of halogens is 1. The Morgan fingerprint density at radius 3 is 2.63 bits per heavy atom. The second-order valence-electron chi connectivity index (χ2n) is 5.06. The zero-order chi connectivity index (χ0) is 14.4. The summed E-state index contributed by atoms with van der Waals surface area (Å²) in [6, 6.07) is 5.00. The highest BCUT2D eigenvalue weighted by molar-refractivity contribution is 6.31. The van der Waals surface area contributed by atoms with Gasteiger partial charge in [0, 0.05) is 24.7 Å². The van der Waals surface area contributed by atoms with Crippen molar-refractivity contribution in [2.45, 2.75) is 46.2 Å². The highest BCUT2D eigenvalue weighted by Crippen LogP contribution is 2.22. The number of non-ortho nitro benzene ring substituents is 1. The Labute approximate surface area is 119 Å². The minimum atomic E-state index is -0.436. The van der Waals surface area contributed by atoms with Crippen LogP contribution in [0, 0.1) is 16.0 Å². The van der Waals surface area contributed by atoms with Crippen molar-refractivity contribution in [1.82, 2.24) is 5.32 Å². The van der Waals surface area contributed by atoms with E-state index in [4.69, 9.17) is 11.6 Å². The topological polar surface area (TPSA) is 55.2 Å². The van der Waals surface area contributed by atoms with Crippen molar-refractivity contribution in [3.63, 3.8) is 0 Å². The minimum absolute atomic E-state index is 0.0291. The fraction of sp³-hybridized carbons (Fsp3) is 0.571. The number of benzene rings is 1. The fourth-order valence-electron chi connectivity index (χ4n) is 1.93. The van der Waals surface area contributed by atoms with Gasteiger partial charge in [-0.1, -0.05) is 31.9 Å². The molecule has 0 aliphatic heterocycles. The van der Waals surface area contributed by atoms with Crippen LogP contribution < -0.4 is 5.32 Å². The number of nitro groups is 1. The quantitative estimate of drug-likeness (QED) is 0.604. The molecular formula is C14H21ClN2O2. The second kappa shape index (κ2) is 7.46. The summed E-state index contributed by atoms with van der Waals surface area (Å²) < 4.78 is 0. The molecule has 1 rings (SSSR count). The molecule has 19 heavy (non-hydrogen) atoms. The van der Waals surface area contributed by atoms with E-state index in [9.17, 15) is 10.1 Å². The molecule has 2 unspecified atom stereocenters. The first-order chi connectivity index (χ1) is 8.93. The molecular weight excluding hydrogens is 264 g/mol. The molecule has 1 N–H and O–H groups in total. The standard InChI is InChI=1S/C14H21ClN2O2/c1-4-10(2)7-11(3)16-9-12-5-6-13(17(18)19)8-14(12)15/h5-6,8,10-11,16H,4,7,9H2,1-3H3. The normalized spacial score (nSPS) is 14.1. The van der Waals surface area contributed by atoms with Crippen LogP contribution in [0.1, 0.15) is 39.2 Å². The van der Waals surface area contributed by atoms with Crippen LogP contribution in [0.2, 0.25) is 5.02 Å². The number of rotatable bonds is 7. The number of nitro benzene ring substituents is 1. The lowest BCUT2D eigenvalue weighted by Crippen LogP contribution is -2.27. The average molecular weight is 285 g/mol. The van der Waals surface area contributed by atoms with Gasteiger partial charge in [-0.2, -0.15) is 0 Å². The molecule has 5 heteroatoms.